The van der Waals surface area contributed by atoms with Crippen molar-refractivity contribution < 1.29 is 14.1 Å². The van der Waals surface area contributed by atoms with Crippen LogP contribution < -0.4 is 0 Å². The van der Waals surface area contributed by atoms with Crippen molar-refractivity contribution in [2.75, 3.05) is 0 Å². The maximum atomic E-state index is 12.1. The summed E-state index contributed by atoms with van der Waals surface area (Å²) in [7, 11) is 0. The number of hydrogen-bond donors (Lipinski definition) is 0. The van der Waals surface area contributed by atoms with Gasteiger partial charge in [0.15, 0.2) is 5.76 Å². The Hall–Kier alpha value is -1.91. The number of nitrogens with zero attached hydrogens (tertiary/aromatic N) is 1. The number of ketones is 1. The second-order valence-corrected chi connectivity index (χ2v) is 3.88. The summed E-state index contributed by atoms with van der Waals surface area (Å²) in [5.41, 5.74) is -1.29. The van der Waals surface area contributed by atoms with E-state index in [2.05, 4.69) is 6.58 Å². The van der Waals surface area contributed by atoms with Gasteiger partial charge in [-0.15, -0.1) is 0 Å². The predicted molar refractivity (Wildman–Crippen MR) is 55.8 cm³/mol. The highest BCUT2D eigenvalue weighted by Gasteiger charge is 2.56. The van der Waals surface area contributed by atoms with Crippen LogP contribution in [0.2, 0.25) is 0 Å². The van der Waals surface area contributed by atoms with E-state index in [1.165, 1.54) is 12.3 Å². The van der Waals surface area contributed by atoms with E-state index in [0.717, 1.165) is 0 Å². The number of furan rings is 1. The van der Waals surface area contributed by atoms with Crippen LogP contribution in [0.4, 0.5) is 0 Å². The Morgan fingerprint density at radius 3 is 2.81 bits per heavy atom. The second-order valence-electron chi connectivity index (χ2n) is 3.88. The molecule has 1 aliphatic carbocycles. The zero-order valence-electron chi connectivity index (χ0n) is 8.64. The molecular formula is C11H11NO4. The topological polar surface area (TPSA) is 73.3 Å². The molecule has 1 heterocycles. The third-order valence-electron chi connectivity index (χ3n) is 3.03. The van der Waals surface area contributed by atoms with Crippen molar-refractivity contribution in [1.82, 2.24) is 0 Å². The Balaban J connectivity index is 2.45. The van der Waals surface area contributed by atoms with E-state index >= 15 is 0 Å². The van der Waals surface area contributed by atoms with Gasteiger partial charge in [0.25, 0.3) is 5.78 Å². The van der Waals surface area contributed by atoms with Gasteiger partial charge in [-0.3, -0.25) is 14.9 Å². The molecule has 1 fully saturated rings. The van der Waals surface area contributed by atoms with Crippen LogP contribution in [0.3, 0.4) is 0 Å². The normalized spacial score (nSPS) is 24.6. The summed E-state index contributed by atoms with van der Waals surface area (Å²) in [6.07, 6.45) is 2.68. The molecule has 0 amide bonds. The standard InChI is InChI=1S/C11H11NO4/c1-8-4-2-6-11(8,12(14)15)10(13)9-5-3-7-16-9/h3,5,7H,1-2,4,6H2/t11-/m1/s1. The van der Waals surface area contributed by atoms with Gasteiger partial charge in [-0.1, -0.05) is 6.58 Å². The van der Waals surface area contributed by atoms with Gasteiger partial charge in [-0.25, -0.2) is 0 Å². The first-order valence-corrected chi connectivity index (χ1v) is 5.00. The van der Waals surface area contributed by atoms with Crippen LogP contribution in [0, 0.1) is 10.1 Å². The maximum absolute atomic E-state index is 12.1. The van der Waals surface area contributed by atoms with Crippen molar-refractivity contribution in [3.8, 4) is 0 Å². The molecule has 0 unspecified atom stereocenters. The average Bonchev–Trinajstić information content (AvgIpc) is 2.85. The Labute approximate surface area is 91.9 Å². The molecular weight excluding hydrogens is 210 g/mol. The lowest BCUT2D eigenvalue weighted by molar-refractivity contribution is -0.537. The van der Waals surface area contributed by atoms with Crippen molar-refractivity contribution in [2.45, 2.75) is 24.8 Å². The molecule has 0 bridgehead atoms. The summed E-state index contributed by atoms with van der Waals surface area (Å²) in [4.78, 5) is 22.7. The first-order valence-electron chi connectivity index (χ1n) is 5.00. The van der Waals surface area contributed by atoms with E-state index in [0.29, 0.717) is 18.4 Å². The number of rotatable bonds is 3. The fourth-order valence-electron chi connectivity index (χ4n) is 2.13. The van der Waals surface area contributed by atoms with Crippen LogP contribution in [0.5, 0.6) is 0 Å². The second kappa shape index (κ2) is 3.59. The molecule has 0 N–H and O–H groups in total. The lowest BCUT2D eigenvalue weighted by Crippen LogP contribution is -2.45. The number of carbonyl (C=O) groups excluding carboxylic acids is 1. The summed E-state index contributed by atoms with van der Waals surface area (Å²) >= 11 is 0. The number of carbonyl (C=O) groups is 1. The Morgan fingerprint density at radius 2 is 2.38 bits per heavy atom. The van der Waals surface area contributed by atoms with Crippen LogP contribution in [-0.4, -0.2) is 16.2 Å². The zero-order valence-corrected chi connectivity index (χ0v) is 8.64. The number of nitro groups is 1. The van der Waals surface area contributed by atoms with E-state index in [9.17, 15) is 14.9 Å². The average molecular weight is 221 g/mol. The minimum absolute atomic E-state index is 0.0275. The lowest BCUT2D eigenvalue weighted by Gasteiger charge is -2.18. The summed E-state index contributed by atoms with van der Waals surface area (Å²) in [5, 5.41) is 11.2. The van der Waals surface area contributed by atoms with Crippen LogP contribution in [0.25, 0.3) is 0 Å². The van der Waals surface area contributed by atoms with E-state index in [1.54, 1.807) is 6.07 Å². The summed E-state index contributed by atoms with van der Waals surface area (Å²) in [6, 6.07) is 2.98. The van der Waals surface area contributed by atoms with Crippen molar-refractivity contribution in [2.24, 2.45) is 0 Å². The SMILES string of the molecule is C=C1CCC[C@@]1(C(=O)c1ccco1)[N+](=O)[O-]. The lowest BCUT2D eigenvalue weighted by atomic mass is 9.88. The van der Waals surface area contributed by atoms with Gasteiger partial charge in [0, 0.05) is 16.9 Å². The quantitative estimate of drug-likeness (QED) is 0.339. The van der Waals surface area contributed by atoms with Crippen LogP contribution in [-0.2, 0) is 0 Å². The third-order valence-corrected chi connectivity index (χ3v) is 3.03. The molecule has 2 rings (SSSR count). The molecule has 5 nitrogen and oxygen atoms in total. The van der Waals surface area contributed by atoms with Gasteiger partial charge in [0.1, 0.15) is 0 Å². The monoisotopic (exact) mass is 221 g/mol. The fourth-order valence-corrected chi connectivity index (χ4v) is 2.13. The fraction of sp³-hybridized carbons (Fsp3) is 0.364. The minimum atomic E-state index is -1.67. The van der Waals surface area contributed by atoms with Gasteiger partial charge in [0.05, 0.1) is 6.26 Å². The molecule has 16 heavy (non-hydrogen) atoms. The molecule has 0 radical (unpaired) electrons. The van der Waals surface area contributed by atoms with Crippen molar-refractivity contribution >= 4 is 5.78 Å². The van der Waals surface area contributed by atoms with Crippen LogP contribution in [0.15, 0.2) is 35.0 Å². The predicted octanol–water partition coefficient (Wildman–Crippen LogP) is 2.22. The van der Waals surface area contributed by atoms with E-state index in [1.807, 2.05) is 0 Å². The molecule has 84 valence electrons. The smallest absolute Gasteiger partial charge is 0.307 e. The molecule has 0 saturated heterocycles. The Kier molecular flexibility index (Phi) is 2.38. The van der Waals surface area contributed by atoms with E-state index in [4.69, 9.17) is 4.42 Å². The highest BCUT2D eigenvalue weighted by molar-refractivity contribution is 6.02. The molecule has 1 aromatic heterocycles. The highest BCUT2D eigenvalue weighted by Crippen LogP contribution is 2.39. The minimum Gasteiger partial charge on any atom is -0.461 e. The van der Waals surface area contributed by atoms with E-state index in [-0.39, 0.29) is 12.2 Å². The van der Waals surface area contributed by atoms with Crippen LogP contribution in [0.1, 0.15) is 29.8 Å². The van der Waals surface area contributed by atoms with Crippen molar-refractivity contribution in [3.63, 3.8) is 0 Å². The zero-order chi connectivity index (χ0) is 11.8. The molecule has 1 aliphatic rings. The van der Waals surface area contributed by atoms with Gasteiger partial charge in [-0.05, 0) is 25.0 Å². The third kappa shape index (κ3) is 1.28. The van der Waals surface area contributed by atoms with Crippen molar-refractivity contribution in [1.29, 1.82) is 0 Å². The first kappa shape index (κ1) is 10.6. The summed E-state index contributed by atoms with van der Waals surface area (Å²) < 4.78 is 4.94. The van der Waals surface area contributed by atoms with Gasteiger partial charge in [-0.2, -0.15) is 0 Å². The van der Waals surface area contributed by atoms with Crippen LogP contribution >= 0.6 is 0 Å². The molecule has 0 aromatic carbocycles. The van der Waals surface area contributed by atoms with Gasteiger partial charge in [0.2, 0.25) is 0 Å². The molecule has 1 aromatic rings. The number of hydrogen-bond acceptors (Lipinski definition) is 4. The highest BCUT2D eigenvalue weighted by atomic mass is 16.6. The first-order chi connectivity index (χ1) is 7.59. The molecule has 1 saturated carbocycles. The molecule has 0 spiro atoms. The summed E-state index contributed by atoms with van der Waals surface area (Å²) in [6.45, 7) is 3.66. The Morgan fingerprint density at radius 1 is 1.62 bits per heavy atom. The summed E-state index contributed by atoms with van der Waals surface area (Å²) in [5.74, 6) is -0.565. The number of Topliss-reactive ketones (excluding diaryl/α,β-unsaturated/α-hetero) is 1. The van der Waals surface area contributed by atoms with E-state index < -0.39 is 16.2 Å². The molecule has 5 heteroatoms. The van der Waals surface area contributed by atoms with Gasteiger partial charge >= 0.3 is 5.54 Å². The largest absolute Gasteiger partial charge is 0.461 e. The van der Waals surface area contributed by atoms with Crippen molar-refractivity contribution in [3.05, 3.63) is 46.4 Å². The molecule has 0 aliphatic heterocycles. The maximum Gasteiger partial charge on any atom is 0.307 e. The molecule has 1 atom stereocenters. The van der Waals surface area contributed by atoms with Gasteiger partial charge < -0.3 is 4.42 Å². The Bertz CT molecular complexity index is 449.